The lowest BCUT2D eigenvalue weighted by atomic mass is 9.86. The molecule has 1 heterocycles. The summed E-state index contributed by atoms with van der Waals surface area (Å²) in [6, 6.07) is 0. The molecule has 0 spiro atoms. The van der Waals surface area contributed by atoms with Gasteiger partial charge in [-0.1, -0.05) is 0 Å². The van der Waals surface area contributed by atoms with E-state index in [9.17, 15) is 38.4 Å². The van der Waals surface area contributed by atoms with E-state index in [4.69, 9.17) is 47.4 Å². The van der Waals surface area contributed by atoms with Crippen molar-refractivity contribution in [3.63, 3.8) is 0 Å². The summed E-state index contributed by atoms with van der Waals surface area (Å²) < 4.78 is 54.9. The molecule has 0 aromatic carbocycles. The van der Waals surface area contributed by atoms with Gasteiger partial charge in [0.05, 0.1) is 0 Å². The fourth-order valence-corrected chi connectivity index (χ4v) is 5.03. The minimum absolute atomic E-state index is 0.375. The van der Waals surface area contributed by atoms with E-state index in [0.29, 0.717) is 0 Å². The molecular formula is C28H38O18. The molecule has 1 saturated carbocycles. The van der Waals surface area contributed by atoms with E-state index in [-0.39, 0.29) is 6.42 Å². The maximum Gasteiger partial charge on any atom is 0.303 e. The second kappa shape index (κ2) is 16.8. The Balaban J connectivity index is 2.69. The molecule has 10 atom stereocenters. The molecule has 0 unspecified atom stereocenters. The predicted octanol–water partition coefficient (Wildman–Crippen LogP) is -0.415. The highest BCUT2D eigenvalue weighted by Crippen LogP contribution is 2.36. The lowest BCUT2D eigenvalue weighted by molar-refractivity contribution is -0.331. The van der Waals surface area contributed by atoms with E-state index < -0.39 is 116 Å². The summed E-state index contributed by atoms with van der Waals surface area (Å²) in [7, 11) is 0. The lowest BCUT2D eigenvalue weighted by Crippen LogP contribution is -2.66. The van der Waals surface area contributed by atoms with Crippen molar-refractivity contribution in [2.45, 2.75) is 123 Å². The van der Waals surface area contributed by atoms with Crippen LogP contribution in [0, 0.1) is 0 Å². The summed E-state index contributed by atoms with van der Waals surface area (Å²) in [6.07, 6.45) is -15.6. The highest BCUT2D eigenvalue weighted by atomic mass is 16.7. The first-order chi connectivity index (χ1) is 21.4. The molecule has 2 aliphatic rings. The van der Waals surface area contributed by atoms with Crippen molar-refractivity contribution >= 4 is 47.8 Å². The Kier molecular flexibility index (Phi) is 13.9. The molecule has 0 aromatic rings. The van der Waals surface area contributed by atoms with Gasteiger partial charge in [0.15, 0.2) is 42.9 Å². The Morgan fingerprint density at radius 2 is 0.826 bits per heavy atom. The van der Waals surface area contributed by atoms with E-state index >= 15 is 0 Å². The Hall–Kier alpha value is -4.32. The second-order valence-electron chi connectivity index (χ2n) is 10.3. The predicted molar refractivity (Wildman–Crippen MR) is 144 cm³/mol. The first-order valence-electron chi connectivity index (χ1n) is 14.0. The molecule has 1 aliphatic heterocycles. The van der Waals surface area contributed by atoms with Crippen molar-refractivity contribution in [3.8, 4) is 0 Å². The second-order valence-corrected chi connectivity index (χ2v) is 10.3. The smallest absolute Gasteiger partial charge is 0.303 e. The number of hydrogen-bond donors (Lipinski definition) is 0. The average molecular weight is 663 g/mol. The Labute approximate surface area is 263 Å². The Morgan fingerprint density at radius 3 is 1.26 bits per heavy atom. The Bertz CT molecular complexity index is 1180. The minimum atomic E-state index is -1.75. The van der Waals surface area contributed by atoms with Crippen LogP contribution in [0.15, 0.2) is 0 Å². The van der Waals surface area contributed by atoms with E-state index in [2.05, 4.69) is 0 Å². The fourth-order valence-electron chi connectivity index (χ4n) is 5.03. The van der Waals surface area contributed by atoms with Crippen LogP contribution in [0.25, 0.3) is 0 Å². The van der Waals surface area contributed by atoms with Crippen LogP contribution >= 0.6 is 0 Å². The van der Waals surface area contributed by atoms with Gasteiger partial charge in [0.25, 0.3) is 0 Å². The maximum absolute atomic E-state index is 12.2. The van der Waals surface area contributed by atoms with Gasteiger partial charge in [-0.3, -0.25) is 38.4 Å². The molecule has 258 valence electrons. The van der Waals surface area contributed by atoms with Crippen molar-refractivity contribution in [2.24, 2.45) is 0 Å². The van der Waals surface area contributed by atoms with Gasteiger partial charge in [-0.25, -0.2) is 0 Å². The molecule has 0 amide bonds. The van der Waals surface area contributed by atoms with Crippen molar-refractivity contribution in [1.29, 1.82) is 0 Å². The van der Waals surface area contributed by atoms with Gasteiger partial charge in [-0.15, -0.1) is 0 Å². The van der Waals surface area contributed by atoms with Crippen LogP contribution < -0.4 is 0 Å². The SMILES string of the molecule is CC(=O)OC[C@H]1O[C@@H](O[C@@H]2C[C@@H](OC(C)=O)[C@H](OC(C)=O)[C@H](OC(C)=O)[C@H]2OC(C)=O)[C@H](OC(C)=O)[C@@H](OC(C)=O)[C@@H]1OC(C)=O. The highest BCUT2D eigenvalue weighted by molar-refractivity contribution is 5.70. The highest BCUT2D eigenvalue weighted by Gasteiger charge is 2.57. The number of rotatable bonds is 11. The van der Waals surface area contributed by atoms with Gasteiger partial charge in [-0.05, 0) is 0 Å². The molecule has 2 rings (SSSR count). The molecule has 2 fully saturated rings. The van der Waals surface area contributed by atoms with Gasteiger partial charge in [0.1, 0.15) is 24.9 Å². The molecular weight excluding hydrogens is 624 g/mol. The van der Waals surface area contributed by atoms with Crippen LogP contribution in [-0.2, 0) is 85.7 Å². The molecule has 0 aromatic heterocycles. The molecule has 18 nitrogen and oxygen atoms in total. The van der Waals surface area contributed by atoms with Gasteiger partial charge in [0.2, 0.25) is 0 Å². The third-order valence-electron chi connectivity index (χ3n) is 6.33. The number of carbonyl (C=O) groups is 8. The third kappa shape index (κ3) is 11.2. The van der Waals surface area contributed by atoms with Gasteiger partial charge in [-0.2, -0.15) is 0 Å². The van der Waals surface area contributed by atoms with Crippen LogP contribution in [-0.4, -0.2) is 116 Å². The number of carbonyl (C=O) groups excluding carboxylic acids is 8. The summed E-state index contributed by atoms with van der Waals surface area (Å²) in [4.78, 5) is 96.5. The topological polar surface area (TPSA) is 229 Å². The summed E-state index contributed by atoms with van der Waals surface area (Å²) in [6.45, 7) is 7.82. The average Bonchev–Trinajstić information content (AvgIpc) is 2.88. The minimum Gasteiger partial charge on any atom is -0.463 e. The quantitative estimate of drug-likeness (QED) is 0.202. The monoisotopic (exact) mass is 662 g/mol. The van der Waals surface area contributed by atoms with Crippen LogP contribution in [0.2, 0.25) is 0 Å². The zero-order valence-corrected chi connectivity index (χ0v) is 26.5. The van der Waals surface area contributed by atoms with E-state index in [1.165, 1.54) is 0 Å². The van der Waals surface area contributed by atoms with E-state index in [1.807, 2.05) is 0 Å². The third-order valence-corrected chi connectivity index (χ3v) is 6.33. The largest absolute Gasteiger partial charge is 0.463 e. The molecule has 18 heteroatoms. The van der Waals surface area contributed by atoms with Gasteiger partial charge in [0, 0.05) is 61.8 Å². The zero-order chi connectivity index (χ0) is 34.9. The summed E-state index contributed by atoms with van der Waals surface area (Å²) >= 11 is 0. The summed E-state index contributed by atoms with van der Waals surface area (Å²) in [5.41, 5.74) is 0. The standard InChI is InChI=1S/C28H38O18/c1-11(29)37-10-21-24(41-15(5)33)26(43-17(7)35)27(44-18(8)36)28(46-21)45-20-9-19(38-12(2)30)22(39-13(3)31)25(42-16(6)34)23(20)40-14(4)32/h19-28H,9-10H2,1-8H3/t19-,20-,21-,22+,23+,24-,25+,26+,27-,28-/m1/s1. The molecule has 46 heavy (non-hydrogen) atoms. The molecule has 0 radical (unpaired) electrons. The van der Waals surface area contributed by atoms with Crippen molar-refractivity contribution in [3.05, 3.63) is 0 Å². The normalized spacial score (nSPS) is 30.4. The van der Waals surface area contributed by atoms with Crippen molar-refractivity contribution in [2.75, 3.05) is 6.61 Å². The Morgan fingerprint density at radius 1 is 0.457 bits per heavy atom. The van der Waals surface area contributed by atoms with E-state index in [0.717, 1.165) is 55.4 Å². The zero-order valence-electron chi connectivity index (χ0n) is 26.5. The van der Waals surface area contributed by atoms with Crippen LogP contribution in [0.1, 0.15) is 61.8 Å². The molecule has 1 aliphatic carbocycles. The van der Waals surface area contributed by atoms with Crippen LogP contribution in [0.3, 0.4) is 0 Å². The van der Waals surface area contributed by atoms with Crippen LogP contribution in [0.4, 0.5) is 0 Å². The van der Waals surface area contributed by atoms with Gasteiger partial charge >= 0.3 is 47.8 Å². The van der Waals surface area contributed by atoms with Gasteiger partial charge < -0.3 is 47.4 Å². The summed E-state index contributed by atoms with van der Waals surface area (Å²) in [5, 5.41) is 0. The fraction of sp³-hybridized carbons (Fsp3) is 0.714. The molecule has 1 saturated heterocycles. The van der Waals surface area contributed by atoms with Crippen molar-refractivity contribution < 1.29 is 85.7 Å². The lowest BCUT2D eigenvalue weighted by Gasteiger charge is -2.48. The number of esters is 8. The number of ether oxygens (including phenoxy) is 10. The first-order valence-corrected chi connectivity index (χ1v) is 14.0. The molecule has 0 bridgehead atoms. The number of hydrogen-bond acceptors (Lipinski definition) is 18. The van der Waals surface area contributed by atoms with Crippen molar-refractivity contribution in [1.82, 2.24) is 0 Å². The first kappa shape index (κ1) is 37.9. The maximum atomic E-state index is 12.2. The summed E-state index contributed by atoms with van der Waals surface area (Å²) in [5.74, 6) is -6.85. The van der Waals surface area contributed by atoms with Crippen LogP contribution in [0.5, 0.6) is 0 Å². The molecule has 0 N–H and O–H groups in total. The van der Waals surface area contributed by atoms with E-state index in [1.54, 1.807) is 0 Å².